The number of rotatable bonds is 5. The van der Waals surface area contributed by atoms with Gasteiger partial charge in [-0.2, -0.15) is 0 Å². The number of nitrogen functional groups attached to an aromatic ring is 1. The van der Waals surface area contributed by atoms with Crippen molar-refractivity contribution in [3.05, 3.63) is 12.0 Å². The van der Waals surface area contributed by atoms with Crippen LogP contribution in [0.3, 0.4) is 0 Å². The highest BCUT2D eigenvalue weighted by Crippen LogP contribution is 2.21. The van der Waals surface area contributed by atoms with Crippen LogP contribution in [0.15, 0.2) is 6.33 Å². The van der Waals surface area contributed by atoms with E-state index < -0.39 is 17.3 Å². The fourth-order valence-electron chi connectivity index (χ4n) is 1.38. The van der Waals surface area contributed by atoms with Crippen LogP contribution in [0.1, 0.15) is 31.3 Å². The summed E-state index contributed by atoms with van der Waals surface area (Å²) >= 11 is 0. The number of hydrogen-bond acceptors (Lipinski definition) is 5. The van der Waals surface area contributed by atoms with E-state index in [2.05, 4.69) is 4.98 Å². The highest BCUT2D eigenvalue weighted by molar-refractivity contribution is 5.92. The third-order valence-electron chi connectivity index (χ3n) is 2.58. The summed E-state index contributed by atoms with van der Waals surface area (Å²) in [7, 11) is 0. The van der Waals surface area contributed by atoms with E-state index >= 15 is 0 Å². The third kappa shape index (κ3) is 2.79. The summed E-state index contributed by atoms with van der Waals surface area (Å²) in [5.74, 6) is -0.860. The lowest BCUT2D eigenvalue weighted by Crippen LogP contribution is -2.35. The molecule has 0 fully saturated rings. The molecule has 0 radical (unpaired) electrons. The zero-order valence-electron chi connectivity index (χ0n) is 10.8. The van der Waals surface area contributed by atoms with Crippen LogP contribution in [0.4, 0.5) is 5.82 Å². The molecule has 0 aliphatic carbocycles. The van der Waals surface area contributed by atoms with E-state index in [1.54, 1.807) is 20.8 Å². The largest absolute Gasteiger partial charge is 0.461 e. The monoisotopic (exact) mass is 254 g/mol. The highest BCUT2D eigenvalue weighted by Gasteiger charge is 2.27. The summed E-state index contributed by atoms with van der Waals surface area (Å²) in [5.41, 5.74) is 10.3. The molecular weight excluding hydrogens is 236 g/mol. The molecule has 7 nitrogen and oxygen atoms in total. The van der Waals surface area contributed by atoms with E-state index in [1.807, 2.05) is 0 Å². The van der Waals surface area contributed by atoms with Crippen LogP contribution in [-0.4, -0.2) is 28.0 Å². The fraction of sp³-hybridized carbons (Fsp3) is 0.545. The summed E-state index contributed by atoms with van der Waals surface area (Å²) in [5, 5.41) is 0. The molecule has 0 unspecified atom stereocenters. The molecule has 100 valence electrons. The number of anilines is 1. The topological polar surface area (TPSA) is 113 Å². The second kappa shape index (κ2) is 5.07. The summed E-state index contributed by atoms with van der Waals surface area (Å²) in [6.45, 7) is 5.58. The van der Waals surface area contributed by atoms with Gasteiger partial charge in [0, 0.05) is 6.54 Å². The number of hydrogen-bond donors (Lipinski definition) is 2. The molecule has 7 heteroatoms. The predicted molar refractivity (Wildman–Crippen MR) is 65.6 cm³/mol. The molecule has 0 aliphatic heterocycles. The predicted octanol–water partition coefficient (Wildman–Crippen LogP) is 0.154. The summed E-state index contributed by atoms with van der Waals surface area (Å²) in [6, 6.07) is 0. The average molecular weight is 254 g/mol. The van der Waals surface area contributed by atoms with E-state index in [-0.39, 0.29) is 24.7 Å². The molecule has 0 aromatic carbocycles. The van der Waals surface area contributed by atoms with Crippen LogP contribution in [0.2, 0.25) is 0 Å². The molecule has 0 saturated heterocycles. The maximum absolute atomic E-state index is 11.5. The van der Waals surface area contributed by atoms with Gasteiger partial charge in [-0.3, -0.25) is 4.79 Å². The first-order chi connectivity index (χ1) is 8.29. The smallest absolute Gasteiger partial charge is 0.360 e. The molecule has 1 heterocycles. The number of carbonyl (C=O) groups excluding carboxylic acids is 2. The molecule has 4 N–H and O–H groups in total. The number of aromatic nitrogens is 2. The molecule has 1 amide bonds. The second-order valence-electron chi connectivity index (χ2n) is 4.57. The summed E-state index contributed by atoms with van der Waals surface area (Å²) < 4.78 is 6.32. The van der Waals surface area contributed by atoms with Gasteiger partial charge in [0.25, 0.3) is 0 Å². The molecule has 1 aromatic rings. The van der Waals surface area contributed by atoms with E-state index in [1.165, 1.54) is 10.9 Å². The maximum atomic E-state index is 11.5. The lowest BCUT2D eigenvalue weighted by atomic mass is 9.93. The van der Waals surface area contributed by atoms with Gasteiger partial charge in [-0.25, -0.2) is 9.78 Å². The van der Waals surface area contributed by atoms with Crippen molar-refractivity contribution >= 4 is 17.7 Å². The lowest BCUT2D eigenvalue weighted by molar-refractivity contribution is -0.126. The minimum absolute atomic E-state index is 0.0529. The van der Waals surface area contributed by atoms with Crippen molar-refractivity contribution in [1.29, 1.82) is 0 Å². The number of imidazole rings is 1. The van der Waals surface area contributed by atoms with Crippen LogP contribution in [0.5, 0.6) is 0 Å². The van der Waals surface area contributed by atoms with Crippen LogP contribution < -0.4 is 11.5 Å². The summed E-state index contributed by atoms with van der Waals surface area (Å²) in [4.78, 5) is 26.6. The Kier molecular flexibility index (Phi) is 3.95. The van der Waals surface area contributed by atoms with Crippen molar-refractivity contribution in [2.24, 2.45) is 11.1 Å². The first kappa shape index (κ1) is 14.0. The van der Waals surface area contributed by atoms with Crippen molar-refractivity contribution in [1.82, 2.24) is 9.55 Å². The van der Waals surface area contributed by atoms with Gasteiger partial charge >= 0.3 is 5.97 Å². The second-order valence-corrected chi connectivity index (χ2v) is 4.57. The van der Waals surface area contributed by atoms with Gasteiger partial charge in [0.2, 0.25) is 5.91 Å². The number of ether oxygens (including phenoxy) is 1. The Labute approximate surface area is 105 Å². The number of amides is 1. The molecule has 1 aromatic heterocycles. The van der Waals surface area contributed by atoms with Crippen molar-refractivity contribution in [3.63, 3.8) is 0 Å². The number of carbonyl (C=O) groups is 2. The minimum atomic E-state index is -0.777. The van der Waals surface area contributed by atoms with E-state index in [0.29, 0.717) is 0 Å². The molecule has 18 heavy (non-hydrogen) atoms. The summed E-state index contributed by atoms with van der Waals surface area (Å²) in [6.07, 6.45) is 1.40. The van der Waals surface area contributed by atoms with Gasteiger partial charge in [-0.1, -0.05) is 0 Å². The van der Waals surface area contributed by atoms with Crippen LogP contribution in [0, 0.1) is 5.41 Å². The molecule has 0 aliphatic rings. The average Bonchev–Trinajstić information content (AvgIpc) is 2.60. The zero-order chi connectivity index (χ0) is 13.9. The normalized spacial score (nSPS) is 11.3. The molecule has 0 spiro atoms. The van der Waals surface area contributed by atoms with Gasteiger partial charge in [0.1, 0.15) is 5.82 Å². The molecule has 0 saturated carbocycles. The Morgan fingerprint density at radius 1 is 1.50 bits per heavy atom. The maximum Gasteiger partial charge on any atom is 0.360 e. The third-order valence-corrected chi connectivity index (χ3v) is 2.58. The van der Waals surface area contributed by atoms with Crippen LogP contribution in [-0.2, 0) is 16.1 Å². The first-order valence-electron chi connectivity index (χ1n) is 5.57. The zero-order valence-corrected chi connectivity index (χ0v) is 10.8. The molecule has 0 bridgehead atoms. The van der Waals surface area contributed by atoms with Gasteiger partial charge in [-0.05, 0) is 20.8 Å². The van der Waals surface area contributed by atoms with Crippen molar-refractivity contribution in [3.8, 4) is 0 Å². The van der Waals surface area contributed by atoms with Gasteiger partial charge in [-0.15, -0.1) is 0 Å². The Morgan fingerprint density at radius 2 is 2.11 bits per heavy atom. The van der Waals surface area contributed by atoms with Gasteiger partial charge in [0.05, 0.1) is 18.3 Å². The van der Waals surface area contributed by atoms with E-state index in [4.69, 9.17) is 16.2 Å². The Bertz CT molecular complexity index is 465. The Balaban J connectivity index is 2.94. The number of nitrogens with zero attached hydrogens (tertiary/aromatic N) is 2. The number of nitrogens with two attached hydrogens (primary N) is 2. The van der Waals surface area contributed by atoms with Gasteiger partial charge < -0.3 is 20.8 Å². The quantitative estimate of drug-likeness (QED) is 0.726. The first-order valence-corrected chi connectivity index (χ1v) is 5.57. The number of primary amides is 1. The Hall–Kier alpha value is -2.05. The molecular formula is C11H18N4O3. The molecule has 1 rings (SSSR count). The Morgan fingerprint density at radius 3 is 2.61 bits per heavy atom. The fourth-order valence-corrected chi connectivity index (χ4v) is 1.38. The van der Waals surface area contributed by atoms with Crippen molar-refractivity contribution in [2.75, 3.05) is 12.3 Å². The minimum Gasteiger partial charge on any atom is -0.461 e. The highest BCUT2D eigenvalue weighted by atomic mass is 16.5. The van der Waals surface area contributed by atoms with Crippen molar-refractivity contribution < 1.29 is 14.3 Å². The molecule has 0 atom stereocenters. The van der Waals surface area contributed by atoms with Crippen LogP contribution in [0.25, 0.3) is 0 Å². The van der Waals surface area contributed by atoms with E-state index in [9.17, 15) is 9.59 Å². The number of esters is 1. The standard InChI is InChI=1S/C11H18N4O3/c1-4-18-9(16)7-8(12)15(6-14-7)5-11(2,3)10(13)17/h6H,4-5,12H2,1-3H3,(H2,13,17). The van der Waals surface area contributed by atoms with Crippen molar-refractivity contribution in [2.45, 2.75) is 27.3 Å². The lowest BCUT2D eigenvalue weighted by Gasteiger charge is -2.21. The van der Waals surface area contributed by atoms with Gasteiger partial charge in [0.15, 0.2) is 5.69 Å². The van der Waals surface area contributed by atoms with Crippen LogP contribution >= 0.6 is 0 Å². The van der Waals surface area contributed by atoms with E-state index in [0.717, 1.165) is 0 Å². The SMILES string of the molecule is CCOC(=O)c1ncn(CC(C)(C)C(N)=O)c1N.